The molecule has 1 fully saturated rings. The Morgan fingerprint density at radius 3 is 2.47 bits per heavy atom. The molecule has 1 N–H and O–H groups in total. The second-order valence-electron chi connectivity index (χ2n) is 8.65. The summed E-state index contributed by atoms with van der Waals surface area (Å²) in [7, 11) is 0. The van der Waals surface area contributed by atoms with Crippen LogP contribution in [0.25, 0.3) is 16.8 Å². The third-order valence-electron chi connectivity index (χ3n) is 6.64. The molecule has 3 aromatic rings. The number of aromatic nitrogens is 4. The van der Waals surface area contributed by atoms with Crippen molar-refractivity contribution in [3.63, 3.8) is 0 Å². The minimum atomic E-state index is -0.378. The molecule has 0 aliphatic heterocycles. The van der Waals surface area contributed by atoms with E-state index in [-0.39, 0.29) is 36.6 Å². The Kier molecular flexibility index (Phi) is 6.34. The fourth-order valence-electron chi connectivity index (χ4n) is 4.76. The van der Waals surface area contributed by atoms with Gasteiger partial charge in [0.2, 0.25) is 17.6 Å². The monoisotopic (exact) mass is 440 g/mol. The van der Waals surface area contributed by atoms with Gasteiger partial charge in [-0.15, -0.1) is 5.10 Å². The van der Waals surface area contributed by atoms with Crippen molar-refractivity contribution < 1.29 is 9.59 Å². The van der Waals surface area contributed by atoms with E-state index in [9.17, 15) is 14.4 Å². The van der Waals surface area contributed by atoms with Gasteiger partial charge >= 0.3 is 5.69 Å². The zero-order valence-electron chi connectivity index (χ0n) is 19.1. The van der Waals surface area contributed by atoms with Gasteiger partial charge in [0, 0.05) is 19.1 Å². The van der Waals surface area contributed by atoms with Gasteiger partial charge in [0.15, 0.2) is 0 Å². The number of hydrogen-bond donors (Lipinski definition) is 1. The Balaban J connectivity index is 1.67. The predicted molar refractivity (Wildman–Crippen MR) is 122 cm³/mol. The molecular formula is C23H32N6O3. The molecule has 2 aromatic heterocycles. The van der Waals surface area contributed by atoms with Crippen LogP contribution in [0.4, 0.5) is 0 Å². The fraction of sp³-hybridized carbons (Fsp3) is 0.565. The second kappa shape index (κ2) is 9.18. The lowest BCUT2D eigenvalue weighted by atomic mass is 9.86. The van der Waals surface area contributed by atoms with Gasteiger partial charge in [-0.05, 0) is 44.7 Å². The Bertz CT molecular complexity index is 1190. The number of nitrogens with zero attached hydrogens (tertiary/aromatic N) is 5. The molecule has 2 heterocycles. The first-order valence-corrected chi connectivity index (χ1v) is 11.6. The number of carbonyl (C=O) groups is 2. The first-order valence-electron chi connectivity index (χ1n) is 11.6. The summed E-state index contributed by atoms with van der Waals surface area (Å²) < 4.78 is 4.44. The van der Waals surface area contributed by atoms with Gasteiger partial charge < -0.3 is 10.2 Å². The summed E-state index contributed by atoms with van der Waals surface area (Å²) in [4.78, 5) is 40.3. The van der Waals surface area contributed by atoms with Gasteiger partial charge in [0.05, 0.1) is 11.0 Å². The third-order valence-corrected chi connectivity index (χ3v) is 6.64. The number of fused-ring (bicyclic) bond motifs is 3. The summed E-state index contributed by atoms with van der Waals surface area (Å²) in [5.74, 6) is 0.586. The minimum Gasteiger partial charge on any atom is -0.352 e. The van der Waals surface area contributed by atoms with Crippen LogP contribution in [0.2, 0.25) is 0 Å². The van der Waals surface area contributed by atoms with Crippen LogP contribution < -0.4 is 11.0 Å². The average Bonchev–Trinajstić information content (AvgIpc) is 3.25. The summed E-state index contributed by atoms with van der Waals surface area (Å²) in [6, 6.07) is 7.62. The first kappa shape index (κ1) is 22.1. The molecule has 172 valence electrons. The van der Waals surface area contributed by atoms with Crippen molar-refractivity contribution in [2.75, 3.05) is 13.1 Å². The van der Waals surface area contributed by atoms with Gasteiger partial charge in [-0.2, -0.15) is 0 Å². The Morgan fingerprint density at radius 2 is 1.78 bits per heavy atom. The number of hydrogen-bond acceptors (Lipinski definition) is 4. The normalized spacial score (nSPS) is 18.8. The minimum absolute atomic E-state index is 0.0701. The zero-order chi connectivity index (χ0) is 22.8. The number of nitrogens with one attached hydrogen (secondary N) is 1. The van der Waals surface area contributed by atoms with E-state index in [4.69, 9.17) is 0 Å². The fourth-order valence-corrected chi connectivity index (χ4v) is 4.76. The summed E-state index contributed by atoms with van der Waals surface area (Å²) in [5, 5.41) is 7.64. The van der Waals surface area contributed by atoms with E-state index in [0.717, 1.165) is 24.8 Å². The number of benzene rings is 1. The highest BCUT2D eigenvalue weighted by molar-refractivity contribution is 5.84. The Hall–Kier alpha value is -3.10. The topological polar surface area (TPSA) is 93.6 Å². The van der Waals surface area contributed by atoms with Crippen molar-refractivity contribution in [2.24, 2.45) is 5.92 Å². The SMILES string of the molecule is CCN(CC)C(=O)Cn1nc2n(CC(=O)N[C@@H]3CCCC[C@H]3C)c3ccccc3n2c1=O. The van der Waals surface area contributed by atoms with Crippen LogP contribution in [-0.2, 0) is 22.7 Å². The van der Waals surface area contributed by atoms with E-state index in [1.165, 1.54) is 15.5 Å². The molecule has 9 heteroatoms. The maximum absolute atomic E-state index is 13.1. The molecule has 4 rings (SSSR count). The van der Waals surface area contributed by atoms with Gasteiger partial charge in [-0.3, -0.25) is 14.2 Å². The van der Waals surface area contributed by atoms with Crippen LogP contribution in [0.15, 0.2) is 29.1 Å². The molecule has 2 amide bonds. The van der Waals surface area contributed by atoms with Crippen molar-refractivity contribution in [1.82, 2.24) is 29.0 Å². The largest absolute Gasteiger partial charge is 0.352 e. The molecule has 1 aliphatic carbocycles. The lowest BCUT2D eigenvalue weighted by Gasteiger charge is -2.29. The first-order chi connectivity index (χ1) is 15.4. The van der Waals surface area contributed by atoms with Gasteiger partial charge in [0.1, 0.15) is 13.1 Å². The summed E-state index contributed by atoms with van der Waals surface area (Å²) in [5.41, 5.74) is 1.06. The predicted octanol–water partition coefficient (Wildman–Crippen LogP) is 2.01. The summed E-state index contributed by atoms with van der Waals surface area (Å²) in [6.45, 7) is 7.09. The molecular weight excluding hydrogens is 408 g/mol. The van der Waals surface area contributed by atoms with Crippen molar-refractivity contribution in [2.45, 2.75) is 65.6 Å². The van der Waals surface area contributed by atoms with E-state index >= 15 is 0 Å². The maximum atomic E-state index is 13.1. The molecule has 32 heavy (non-hydrogen) atoms. The van der Waals surface area contributed by atoms with Crippen LogP contribution >= 0.6 is 0 Å². The molecule has 0 unspecified atom stereocenters. The molecule has 0 bridgehead atoms. The van der Waals surface area contributed by atoms with Crippen LogP contribution in [0.5, 0.6) is 0 Å². The Morgan fingerprint density at radius 1 is 1.09 bits per heavy atom. The standard InChI is InChI=1S/C23H32N6O3/c1-4-26(5-2)21(31)15-28-23(32)29-19-13-9-8-12-18(19)27(22(29)25-28)14-20(30)24-17-11-7-6-10-16(17)3/h8-9,12-13,16-17H,4-7,10-11,14-15H2,1-3H3,(H,24,30)/t16-,17-/m1/s1. The lowest BCUT2D eigenvalue weighted by molar-refractivity contribution is -0.131. The van der Waals surface area contributed by atoms with E-state index in [1.807, 2.05) is 38.1 Å². The van der Waals surface area contributed by atoms with E-state index < -0.39 is 0 Å². The van der Waals surface area contributed by atoms with Crippen molar-refractivity contribution in [1.29, 1.82) is 0 Å². The second-order valence-corrected chi connectivity index (χ2v) is 8.65. The third kappa shape index (κ3) is 4.03. The highest BCUT2D eigenvalue weighted by Gasteiger charge is 2.25. The molecule has 1 aliphatic rings. The maximum Gasteiger partial charge on any atom is 0.352 e. The lowest BCUT2D eigenvalue weighted by Crippen LogP contribution is -2.42. The molecule has 1 aromatic carbocycles. The van der Waals surface area contributed by atoms with Gasteiger partial charge in [0.25, 0.3) is 0 Å². The molecule has 9 nitrogen and oxygen atoms in total. The average molecular weight is 441 g/mol. The highest BCUT2D eigenvalue weighted by atomic mass is 16.2. The highest BCUT2D eigenvalue weighted by Crippen LogP contribution is 2.24. The Labute approximate surface area is 187 Å². The molecule has 0 saturated heterocycles. The van der Waals surface area contributed by atoms with Crippen LogP contribution in [0.1, 0.15) is 46.5 Å². The number of carbonyl (C=O) groups excluding carboxylic acids is 2. The number of likely N-dealkylation sites (N-methyl/N-ethyl adjacent to an activating group) is 1. The van der Waals surface area contributed by atoms with E-state index in [0.29, 0.717) is 30.3 Å². The number of rotatable bonds is 7. The number of imidazole rings is 1. The van der Waals surface area contributed by atoms with Crippen LogP contribution in [0, 0.1) is 5.92 Å². The number of amides is 2. The van der Waals surface area contributed by atoms with E-state index in [2.05, 4.69) is 17.3 Å². The van der Waals surface area contributed by atoms with Crippen LogP contribution in [0.3, 0.4) is 0 Å². The molecule has 1 saturated carbocycles. The van der Waals surface area contributed by atoms with Crippen LogP contribution in [-0.4, -0.2) is 54.6 Å². The smallest absolute Gasteiger partial charge is 0.352 e. The van der Waals surface area contributed by atoms with Crippen molar-refractivity contribution in [3.8, 4) is 0 Å². The van der Waals surface area contributed by atoms with Crippen molar-refractivity contribution >= 4 is 28.6 Å². The van der Waals surface area contributed by atoms with Gasteiger partial charge in [-0.1, -0.05) is 31.9 Å². The number of para-hydroxylation sites is 2. The van der Waals surface area contributed by atoms with E-state index in [1.54, 1.807) is 9.47 Å². The molecule has 0 spiro atoms. The summed E-state index contributed by atoms with van der Waals surface area (Å²) in [6.07, 6.45) is 4.47. The zero-order valence-corrected chi connectivity index (χ0v) is 19.1. The summed E-state index contributed by atoms with van der Waals surface area (Å²) >= 11 is 0. The van der Waals surface area contributed by atoms with Crippen molar-refractivity contribution in [3.05, 3.63) is 34.7 Å². The quantitative estimate of drug-likeness (QED) is 0.608. The van der Waals surface area contributed by atoms with Gasteiger partial charge in [-0.25, -0.2) is 13.9 Å². The molecule has 0 radical (unpaired) electrons. The molecule has 2 atom stereocenters.